The molecule has 0 bridgehead atoms. The molecule has 1 unspecified atom stereocenters. The lowest BCUT2D eigenvalue weighted by Gasteiger charge is -2.35. The summed E-state index contributed by atoms with van der Waals surface area (Å²) in [4.78, 5) is 9.23. The molecule has 1 heterocycles. The standard InChI is InChI=1S/C21H35F2N5O/c1-5-27-8-10-28(11-9-27)15-17(3)13-25-21(24-4)26-14-18-12-16(2)6-7-19(18)29-20(22)23/h6-7,12,17,20H,5,8-11,13-15H2,1-4H3,(H2,24,25,26). The molecule has 164 valence electrons. The van der Waals surface area contributed by atoms with Gasteiger partial charge >= 0.3 is 6.61 Å². The molecule has 1 aliphatic heterocycles. The Kier molecular flexibility index (Phi) is 9.60. The molecule has 0 amide bonds. The molecule has 1 aromatic carbocycles. The van der Waals surface area contributed by atoms with Gasteiger partial charge in [-0.1, -0.05) is 31.5 Å². The van der Waals surface area contributed by atoms with Crippen LogP contribution < -0.4 is 15.4 Å². The fraction of sp³-hybridized carbons (Fsp3) is 0.667. The van der Waals surface area contributed by atoms with Gasteiger partial charge in [0.1, 0.15) is 5.75 Å². The molecule has 1 saturated heterocycles. The number of hydrogen-bond donors (Lipinski definition) is 2. The van der Waals surface area contributed by atoms with Crippen molar-refractivity contribution in [2.75, 3.05) is 52.9 Å². The predicted molar refractivity (Wildman–Crippen MR) is 114 cm³/mol. The fourth-order valence-corrected chi connectivity index (χ4v) is 3.52. The van der Waals surface area contributed by atoms with Crippen LogP contribution in [-0.2, 0) is 6.54 Å². The maximum atomic E-state index is 12.6. The van der Waals surface area contributed by atoms with Crippen molar-refractivity contribution in [2.45, 2.75) is 33.9 Å². The number of aliphatic imine (C=N–C) groups is 1. The number of benzene rings is 1. The fourth-order valence-electron chi connectivity index (χ4n) is 3.52. The first-order chi connectivity index (χ1) is 13.9. The van der Waals surface area contributed by atoms with E-state index < -0.39 is 6.61 Å². The van der Waals surface area contributed by atoms with E-state index in [9.17, 15) is 8.78 Å². The average Bonchev–Trinajstić information content (AvgIpc) is 2.70. The molecular formula is C21H35F2N5O. The maximum Gasteiger partial charge on any atom is 0.387 e. The Labute approximate surface area is 173 Å². The summed E-state index contributed by atoms with van der Waals surface area (Å²) in [6.45, 7) is 11.3. The van der Waals surface area contributed by atoms with Crippen LogP contribution in [0.15, 0.2) is 23.2 Å². The second-order valence-electron chi connectivity index (χ2n) is 7.64. The Hall–Kier alpha value is -1.93. The van der Waals surface area contributed by atoms with E-state index in [1.165, 1.54) is 0 Å². The van der Waals surface area contributed by atoms with Crippen LogP contribution in [0.3, 0.4) is 0 Å². The zero-order chi connectivity index (χ0) is 21.2. The zero-order valence-electron chi connectivity index (χ0n) is 18.0. The van der Waals surface area contributed by atoms with Crippen molar-refractivity contribution in [1.29, 1.82) is 0 Å². The van der Waals surface area contributed by atoms with Crippen LogP contribution in [0.1, 0.15) is 25.0 Å². The smallest absolute Gasteiger partial charge is 0.387 e. The highest BCUT2D eigenvalue weighted by Crippen LogP contribution is 2.22. The number of rotatable bonds is 9. The second kappa shape index (κ2) is 11.9. The molecule has 0 saturated carbocycles. The number of nitrogens with zero attached hydrogens (tertiary/aromatic N) is 3. The van der Waals surface area contributed by atoms with Gasteiger partial charge in [0.2, 0.25) is 0 Å². The number of hydrogen-bond acceptors (Lipinski definition) is 4. The van der Waals surface area contributed by atoms with E-state index in [1.807, 2.05) is 13.0 Å². The van der Waals surface area contributed by atoms with Crippen LogP contribution in [0.5, 0.6) is 5.75 Å². The summed E-state index contributed by atoms with van der Waals surface area (Å²) in [6, 6.07) is 5.18. The molecule has 1 aliphatic rings. The maximum absolute atomic E-state index is 12.6. The van der Waals surface area contributed by atoms with E-state index >= 15 is 0 Å². The highest BCUT2D eigenvalue weighted by Gasteiger charge is 2.17. The van der Waals surface area contributed by atoms with Gasteiger partial charge in [-0.2, -0.15) is 8.78 Å². The summed E-state index contributed by atoms with van der Waals surface area (Å²) >= 11 is 0. The van der Waals surface area contributed by atoms with E-state index in [0.717, 1.165) is 51.4 Å². The van der Waals surface area contributed by atoms with Crippen molar-refractivity contribution in [1.82, 2.24) is 20.4 Å². The third kappa shape index (κ3) is 8.14. The molecule has 0 aliphatic carbocycles. The molecule has 0 radical (unpaired) electrons. The second-order valence-corrected chi connectivity index (χ2v) is 7.64. The van der Waals surface area contributed by atoms with Gasteiger partial charge < -0.3 is 25.2 Å². The lowest BCUT2D eigenvalue weighted by atomic mass is 10.1. The van der Waals surface area contributed by atoms with Gasteiger partial charge in [-0.3, -0.25) is 4.99 Å². The first kappa shape index (κ1) is 23.3. The molecule has 0 aromatic heterocycles. The average molecular weight is 412 g/mol. The molecule has 2 N–H and O–H groups in total. The Morgan fingerprint density at radius 2 is 1.86 bits per heavy atom. The van der Waals surface area contributed by atoms with Crippen molar-refractivity contribution in [3.05, 3.63) is 29.3 Å². The first-order valence-corrected chi connectivity index (χ1v) is 10.3. The number of ether oxygens (including phenoxy) is 1. The molecule has 1 fully saturated rings. The highest BCUT2D eigenvalue weighted by molar-refractivity contribution is 5.79. The van der Waals surface area contributed by atoms with Crippen molar-refractivity contribution in [2.24, 2.45) is 10.9 Å². The Balaban J connectivity index is 1.79. The number of aryl methyl sites for hydroxylation is 1. The predicted octanol–water partition coefficient (Wildman–Crippen LogP) is 2.54. The number of piperazine rings is 1. The Morgan fingerprint density at radius 3 is 2.48 bits per heavy atom. The normalized spacial score (nSPS) is 17.4. The SMILES string of the molecule is CCN1CCN(CC(C)CNC(=NC)NCc2cc(C)ccc2OC(F)F)CC1. The van der Waals surface area contributed by atoms with Crippen LogP contribution in [-0.4, -0.2) is 75.2 Å². The molecule has 1 aromatic rings. The summed E-state index contributed by atoms with van der Waals surface area (Å²) in [7, 11) is 1.71. The molecule has 0 spiro atoms. The van der Waals surface area contributed by atoms with Gasteiger partial charge in [0.15, 0.2) is 5.96 Å². The summed E-state index contributed by atoms with van der Waals surface area (Å²) in [5, 5.41) is 6.53. The summed E-state index contributed by atoms with van der Waals surface area (Å²) < 4.78 is 29.9. The van der Waals surface area contributed by atoms with E-state index in [1.54, 1.807) is 19.2 Å². The van der Waals surface area contributed by atoms with Crippen LogP contribution >= 0.6 is 0 Å². The number of nitrogens with one attached hydrogen (secondary N) is 2. The van der Waals surface area contributed by atoms with Crippen LogP contribution in [0.2, 0.25) is 0 Å². The summed E-state index contributed by atoms with van der Waals surface area (Å²) in [6.07, 6.45) is 0. The quantitative estimate of drug-likeness (QED) is 0.483. The summed E-state index contributed by atoms with van der Waals surface area (Å²) in [5.41, 5.74) is 1.67. The molecule has 8 heteroatoms. The van der Waals surface area contributed by atoms with Gasteiger partial charge in [-0.05, 0) is 25.5 Å². The molecular weight excluding hydrogens is 376 g/mol. The van der Waals surface area contributed by atoms with E-state index in [-0.39, 0.29) is 5.75 Å². The third-order valence-electron chi connectivity index (χ3n) is 5.20. The zero-order valence-corrected chi connectivity index (χ0v) is 18.0. The number of guanidine groups is 1. The number of likely N-dealkylation sites (N-methyl/N-ethyl adjacent to an activating group) is 1. The molecule has 1 atom stereocenters. The highest BCUT2D eigenvalue weighted by atomic mass is 19.3. The van der Waals surface area contributed by atoms with Gasteiger partial charge in [-0.25, -0.2) is 0 Å². The Morgan fingerprint density at radius 1 is 1.17 bits per heavy atom. The van der Waals surface area contributed by atoms with E-state index in [2.05, 4.69) is 44.0 Å². The van der Waals surface area contributed by atoms with Crippen molar-refractivity contribution in [3.8, 4) is 5.75 Å². The van der Waals surface area contributed by atoms with Gasteiger partial charge in [0, 0.05) is 58.4 Å². The van der Waals surface area contributed by atoms with Gasteiger partial charge in [0.25, 0.3) is 0 Å². The molecule has 29 heavy (non-hydrogen) atoms. The molecule has 2 rings (SSSR count). The lowest BCUT2D eigenvalue weighted by Crippen LogP contribution is -2.48. The summed E-state index contributed by atoms with van der Waals surface area (Å²) in [5.74, 6) is 1.31. The first-order valence-electron chi connectivity index (χ1n) is 10.3. The van der Waals surface area contributed by atoms with Crippen LogP contribution in [0.25, 0.3) is 0 Å². The van der Waals surface area contributed by atoms with E-state index in [4.69, 9.17) is 0 Å². The third-order valence-corrected chi connectivity index (χ3v) is 5.20. The number of alkyl halides is 2. The van der Waals surface area contributed by atoms with Crippen molar-refractivity contribution in [3.63, 3.8) is 0 Å². The number of halogens is 2. The van der Waals surface area contributed by atoms with Crippen LogP contribution in [0, 0.1) is 12.8 Å². The lowest BCUT2D eigenvalue weighted by molar-refractivity contribution is -0.0504. The monoisotopic (exact) mass is 411 g/mol. The van der Waals surface area contributed by atoms with Gasteiger partial charge in [0.05, 0.1) is 0 Å². The minimum absolute atomic E-state index is 0.188. The minimum atomic E-state index is -2.84. The van der Waals surface area contributed by atoms with E-state index in [0.29, 0.717) is 24.0 Å². The molecule has 6 nitrogen and oxygen atoms in total. The largest absolute Gasteiger partial charge is 0.434 e. The van der Waals surface area contributed by atoms with Crippen LogP contribution in [0.4, 0.5) is 8.78 Å². The van der Waals surface area contributed by atoms with Crippen molar-refractivity contribution < 1.29 is 13.5 Å². The van der Waals surface area contributed by atoms with Gasteiger partial charge in [-0.15, -0.1) is 0 Å². The topological polar surface area (TPSA) is 52.1 Å². The van der Waals surface area contributed by atoms with Crippen molar-refractivity contribution >= 4 is 5.96 Å². The Bertz CT molecular complexity index is 648. The minimum Gasteiger partial charge on any atom is -0.434 e.